The number of thioether (sulfide) groups is 2. The van der Waals surface area contributed by atoms with Gasteiger partial charge in [0.15, 0.2) is 18.1 Å². The number of nitrogens with one attached hydrogen (secondary N) is 2. The van der Waals surface area contributed by atoms with Crippen molar-refractivity contribution in [2.45, 2.75) is 36.1 Å². The van der Waals surface area contributed by atoms with E-state index in [9.17, 15) is 43.5 Å². The van der Waals surface area contributed by atoms with Crippen molar-refractivity contribution in [3.8, 4) is 17.2 Å². The lowest BCUT2D eigenvalue weighted by atomic mass is 9.96. The Morgan fingerprint density at radius 3 is 2.32 bits per heavy atom. The van der Waals surface area contributed by atoms with Gasteiger partial charge >= 0.3 is 23.9 Å². The van der Waals surface area contributed by atoms with E-state index in [1.165, 1.54) is 28.9 Å². The molecule has 0 spiro atoms. The van der Waals surface area contributed by atoms with E-state index in [4.69, 9.17) is 28.5 Å². The first-order chi connectivity index (χ1) is 28.0. The van der Waals surface area contributed by atoms with Crippen LogP contribution in [0.3, 0.4) is 0 Å². The fourth-order valence-corrected chi connectivity index (χ4v) is 8.41. The number of aromatic nitrogens is 4. The number of benzene rings is 2. The summed E-state index contributed by atoms with van der Waals surface area (Å²) < 4.78 is 27.9. The van der Waals surface area contributed by atoms with Crippen molar-refractivity contribution in [2.75, 3.05) is 25.2 Å². The highest BCUT2D eigenvalue weighted by Crippen LogP contribution is 2.47. The highest BCUT2D eigenvalue weighted by Gasteiger charge is 2.67. The number of β-lactam (4-membered cyclic amide) rings is 1. The average molecular weight is 854 g/mol. The molecule has 3 atom stereocenters. The van der Waals surface area contributed by atoms with Gasteiger partial charge < -0.3 is 44.2 Å². The number of carboxylic acids is 2. The van der Waals surface area contributed by atoms with E-state index in [1.54, 1.807) is 7.05 Å². The SMILES string of the molecule is CO[C@@]1(NC(=O)C(NC(=O)c2coc3cc(OC(C)=O)c(OC(C)=O)cc3c2=O)c2ccc(OCC(=O)O)cc2)C(=O)N2C(C(=O)O)=C(CSc3nnnn3C)CS[C@@H]21. The zero-order chi connectivity index (χ0) is 42.8. The van der Waals surface area contributed by atoms with E-state index in [0.717, 1.165) is 67.8 Å². The summed E-state index contributed by atoms with van der Waals surface area (Å²) in [5, 5.41) is 34.4. The third-order valence-electron chi connectivity index (χ3n) is 8.60. The Bertz CT molecular complexity index is 2500. The molecule has 1 fully saturated rings. The van der Waals surface area contributed by atoms with Crippen molar-refractivity contribution < 1.29 is 67.1 Å². The summed E-state index contributed by atoms with van der Waals surface area (Å²) in [6.45, 7) is 1.48. The fraction of sp³-hybridized carbons (Fsp3) is 0.286. The van der Waals surface area contributed by atoms with Crippen molar-refractivity contribution in [3.05, 3.63) is 75.3 Å². The van der Waals surface area contributed by atoms with Gasteiger partial charge in [-0.3, -0.25) is 33.7 Å². The summed E-state index contributed by atoms with van der Waals surface area (Å²) >= 11 is 2.26. The van der Waals surface area contributed by atoms with Crippen LogP contribution in [0, 0.1) is 0 Å². The van der Waals surface area contributed by atoms with Crippen LogP contribution in [0.2, 0.25) is 0 Å². The van der Waals surface area contributed by atoms with Gasteiger partial charge in [0.05, 0.1) is 5.39 Å². The molecule has 2 aromatic carbocycles. The largest absolute Gasteiger partial charge is 0.482 e. The number of carbonyl (C=O) groups excluding carboxylic acids is 5. The number of hydrogen-bond donors (Lipinski definition) is 4. The molecule has 1 unspecified atom stereocenters. The lowest BCUT2D eigenvalue weighted by Gasteiger charge is -2.56. The minimum Gasteiger partial charge on any atom is -0.482 e. The molecular formula is C35H31N7O15S2. The van der Waals surface area contributed by atoms with Crippen LogP contribution >= 0.6 is 23.5 Å². The molecule has 2 aliphatic rings. The monoisotopic (exact) mass is 853 g/mol. The zero-order valence-electron chi connectivity index (χ0n) is 31.1. The summed E-state index contributed by atoms with van der Waals surface area (Å²) in [6.07, 6.45) is 0.792. The molecule has 0 bridgehead atoms. The van der Waals surface area contributed by atoms with Gasteiger partial charge in [0.25, 0.3) is 17.5 Å². The van der Waals surface area contributed by atoms with Crippen LogP contribution in [-0.2, 0) is 40.6 Å². The molecule has 59 heavy (non-hydrogen) atoms. The van der Waals surface area contributed by atoms with E-state index in [0.29, 0.717) is 10.7 Å². The molecule has 0 aliphatic carbocycles. The molecule has 4 aromatic rings. The van der Waals surface area contributed by atoms with E-state index in [2.05, 4.69) is 26.2 Å². The van der Waals surface area contributed by atoms with E-state index < -0.39 is 76.3 Å². The maximum atomic E-state index is 14.3. The molecule has 1 saturated heterocycles. The number of methoxy groups -OCH3 is 1. The maximum absolute atomic E-state index is 14.3. The van der Waals surface area contributed by atoms with Crippen LogP contribution in [0.4, 0.5) is 0 Å². The average Bonchev–Trinajstić information content (AvgIpc) is 3.61. The summed E-state index contributed by atoms with van der Waals surface area (Å²) in [5.74, 6) is -7.64. The number of rotatable bonds is 15. The Morgan fingerprint density at radius 2 is 1.73 bits per heavy atom. The van der Waals surface area contributed by atoms with Gasteiger partial charge in [-0.2, -0.15) is 0 Å². The third kappa shape index (κ3) is 8.44. The normalized spacial score (nSPS) is 17.7. The topological polar surface area (TPSA) is 298 Å². The fourth-order valence-electron chi connectivity index (χ4n) is 5.98. The van der Waals surface area contributed by atoms with Gasteiger partial charge in [-0.25, -0.2) is 14.3 Å². The Labute approximate surface area is 339 Å². The third-order valence-corrected chi connectivity index (χ3v) is 11.1. The molecule has 0 radical (unpaired) electrons. The van der Waals surface area contributed by atoms with Gasteiger partial charge in [-0.05, 0) is 39.8 Å². The number of esters is 2. The lowest BCUT2D eigenvalue weighted by Crippen LogP contribution is -2.81. The molecule has 22 nitrogen and oxygen atoms in total. The smallest absolute Gasteiger partial charge is 0.352 e. The van der Waals surface area contributed by atoms with E-state index in [1.807, 2.05) is 0 Å². The van der Waals surface area contributed by atoms with Crippen LogP contribution in [0.25, 0.3) is 11.0 Å². The first-order valence-electron chi connectivity index (χ1n) is 16.9. The quantitative estimate of drug-likeness (QED) is 0.0419. The second-order valence-corrected chi connectivity index (χ2v) is 14.5. The van der Waals surface area contributed by atoms with Crippen molar-refractivity contribution in [3.63, 3.8) is 0 Å². The summed E-state index contributed by atoms with van der Waals surface area (Å²) in [6, 6.07) is 5.70. The number of amides is 3. The van der Waals surface area contributed by atoms with E-state index >= 15 is 0 Å². The first-order valence-corrected chi connectivity index (χ1v) is 18.9. The minimum absolute atomic E-state index is 0.0572. The van der Waals surface area contributed by atoms with Crippen molar-refractivity contribution in [2.24, 2.45) is 7.05 Å². The summed E-state index contributed by atoms with van der Waals surface area (Å²) in [4.78, 5) is 104. The van der Waals surface area contributed by atoms with Crippen LogP contribution in [0.1, 0.15) is 35.8 Å². The standard InChI is InChI=1S/C35H31N7O15S2/c1-15(43)56-23-9-20-22(10-24(23)57-16(2)44)55-11-21(28(20)47)29(48)36-26(17-5-7-19(8-6-17)54-12-25(45)46)30(49)37-35(53-4)32(52)42-27(31(50)51)18(13-58-33(35)42)14-59-34-38-39-40-41(34)3/h5-11,26,33H,12-14H2,1-4H3,(H,36,48)(H,37,49)(H,45,46)(H,50,51)/t26?,33-,35+/m1/s1. The maximum Gasteiger partial charge on any atom is 0.352 e. The van der Waals surface area contributed by atoms with E-state index in [-0.39, 0.29) is 51.0 Å². The van der Waals surface area contributed by atoms with Gasteiger partial charge in [0.1, 0.15) is 40.3 Å². The highest BCUT2D eigenvalue weighted by molar-refractivity contribution is 8.01. The molecule has 0 saturated carbocycles. The minimum atomic E-state index is -2.13. The van der Waals surface area contributed by atoms with Crippen molar-refractivity contribution in [1.29, 1.82) is 0 Å². The van der Waals surface area contributed by atoms with Crippen molar-refractivity contribution in [1.82, 2.24) is 35.7 Å². The molecule has 4 N–H and O–H groups in total. The molecule has 3 amide bonds. The molecule has 2 aliphatic heterocycles. The molecule has 4 heterocycles. The second kappa shape index (κ2) is 17.0. The Hall–Kier alpha value is -6.79. The predicted molar refractivity (Wildman–Crippen MR) is 200 cm³/mol. The Morgan fingerprint density at radius 1 is 1.05 bits per heavy atom. The molecule has 6 rings (SSSR count). The molecule has 24 heteroatoms. The zero-order valence-corrected chi connectivity index (χ0v) is 32.7. The van der Waals surface area contributed by atoms with Gasteiger partial charge in [-0.1, -0.05) is 23.9 Å². The number of hydrogen-bond acceptors (Lipinski definition) is 18. The number of fused-ring (bicyclic) bond motifs is 2. The van der Waals surface area contributed by atoms with Crippen molar-refractivity contribution >= 4 is 76.1 Å². The number of aliphatic carboxylic acids is 2. The van der Waals surface area contributed by atoms with Gasteiger partial charge in [-0.15, -0.1) is 16.9 Å². The van der Waals surface area contributed by atoms with Gasteiger partial charge in [0.2, 0.25) is 16.5 Å². The van der Waals surface area contributed by atoms with Crippen LogP contribution in [0.5, 0.6) is 17.2 Å². The number of tetrazole rings is 1. The second-order valence-electron chi connectivity index (χ2n) is 12.5. The number of carboxylic acid groups (broad SMARTS) is 2. The molecule has 2 aromatic heterocycles. The first kappa shape index (κ1) is 41.8. The Balaban J connectivity index is 1.31. The Kier molecular flexibility index (Phi) is 12.0. The molecule has 308 valence electrons. The highest BCUT2D eigenvalue weighted by atomic mass is 32.2. The van der Waals surface area contributed by atoms with Crippen LogP contribution in [-0.4, -0.2) is 113 Å². The van der Waals surface area contributed by atoms with Crippen LogP contribution < -0.4 is 30.3 Å². The molecular weight excluding hydrogens is 823 g/mol. The number of aryl methyl sites for hydroxylation is 1. The van der Waals surface area contributed by atoms with Crippen LogP contribution in [0.15, 0.2) is 68.3 Å². The number of carbonyl (C=O) groups is 7. The summed E-state index contributed by atoms with van der Waals surface area (Å²) in [7, 11) is 2.74. The van der Waals surface area contributed by atoms with Gasteiger partial charge in [0, 0.05) is 45.6 Å². The number of ether oxygens (including phenoxy) is 4. The lowest BCUT2D eigenvalue weighted by molar-refractivity contribution is -0.192. The predicted octanol–water partition coefficient (Wildman–Crippen LogP) is 0.607. The number of nitrogens with zero attached hydrogens (tertiary/aromatic N) is 5. The summed E-state index contributed by atoms with van der Waals surface area (Å²) in [5.41, 5.74) is -3.74.